The van der Waals surface area contributed by atoms with Crippen LogP contribution in [0.25, 0.3) is 0 Å². The van der Waals surface area contributed by atoms with Crippen molar-refractivity contribution in [3.05, 3.63) is 18.0 Å². The average Bonchev–Trinajstić information content (AvgIpc) is 2.64. The highest BCUT2D eigenvalue weighted by Crippen LogP contribution is 2.12. The zero-order valence-corrected chi connectivity index (χ0v) is 10.1. The maximum Gasteiger partial charge on any atom is 0.0561 e. The third kappa shape index (κ3) is 3.32. The van der Waals surface area contributed by atoms with Crippen molar-refractivity contribution in [1.82, 2.24) is 15.1 Å². The van der Waals surface area contributed by atoms with E-state index in [1.165, 1.54) is 5.56 Å². The Bertz CT molecular complexity index is 324. The predicted octanol–water partition coefficient (Wildman–Crippen LogP) is 1.12. The molecular formula is C12H21N3O. The lowest BCUT2D eigenvalue weighted by Crippen LogP contribution is -2.38. The molecule has 1 N–H and O–H groups in total. The molecule has 1 aliphatic rings. The van der Waals surface area contributed by atoms with Crippen LogP contribution in [0.4, 0.5) is 0 Å². The number of ether oxygens (including phenoxy) is 1. The first-order valence-electron chi connectivity index (χ1n) is 6.06. The minimum absolute atomic E-state index is 0.407. The second-order valence-electron chi connectivity index (χ2n) is 4.63. The van der Waals surface area contributed by atoms with Gasteiger partial charge in [-0.15, -0.1) is 0 Å². The van der Waals surface area contributed by atoms with Crippen LogP contribution in [0, 0.1) is 0 Å². The Kier molecular flexibility index (Phi) is 3.96. The van der Waals surface area contributed by atoms with Gasteiger partial charge in [0.1, 0.15) is 0 Å². The molecule has 0 aliphatic carbocycles. The number of hydrogen-bond donors (Lipinski definition) is 1. The summed E-state index contributed by atoms with van der Waals surface area (Å²) in [6, 6.07) is 0.625. The Labute approximate surface area is 97.0 Å². The van der Waals surface area contributed by atoms with Crippen molar-refractivity contribution in [1.29, 1.82) is 0 Å². The maximum absolute atomic E-state index is 5.52. The molecule has 0 amide bonds. The van der Waals surface area contributed by atoms with Crippen molar-refractivity contribution in [2.75, 3.05) is 13.2 Å². The van der Waals surface area contributed by atoms with Crippen LogP contribution < -0.4 is 5.32 Å². The summed E-state index contributed by atoms with van der Waals surface area (Å²) in [5.41, 5.74) is 1.30. The van der Waals surface area contributed by atoms with Gasteiger partial charge in [0, 0.05) is 25.9 Å². The minimum Gasteiger partial charge on any atom is -0.378 e. The zero-order chi connectivity index (χ0) is 11.4. The molecule has 16 heavy (non-hydrogen) atoms. The van der Waals surface area contributed by atoms with Gasteiger partial charge in [-0.1, -0.05) is 0 Å². The molecule has 90 valence electrons. The molecule has 0 saturated carbocycles. The van der Waals surface area contributed by atoms with Crippen LogP contribution in [0.2, 0.25) is 0 Å². The maximum atomic E-state index is 5.52. The number of hydrogen-bond acceptors (Lipinski definition) is 3. The van der Waals surface area contributed by atoms with Gasteiger partial charge in [-0.25, -0.2) is 0 Å². The van der Waals surface area contributed by atoms with E-state index in [4.69, 9.17) is 4.74 Å². The first-order valence-corrected chi connectivity index (χ1v) is 6.06. The molecule has 1 aromatic heterocycles. The lowest BCUT2D eigenvalue weighted by molar-refractivity contribution is 0.0135. The van der Waals surface area contributed by atoms with E-state index in [1.54, 1.807) is 0 Å². The monoisotopic (exact) mass is 223 g/mol. The Hall–Kier alpha value is -0.870. The van der Waals surface area contributed by atoms with Crippen LogP contribution in [0.15, 0.2) is 12.4 Å². The van der Waals surface area contributed by atoms with E-state index in [2.05, 4.69) is 23.5 Å². The molecule has 0 bridgehead atoms. The van der Waals surface area contributed by atoms with Gasteiger partial charge in [-0.2, -0.15) is 5.10 Å². The molecule has 2 unspecified atom stereocenters. The van der Waals surface area contributed by atoms with Crippen LogP contribution >= 0.6 is 0 Å². The number of aryl methyl sites for hydroxylation is 1. The Morgan fingerprint density at radius 3 is 3.19 bits per heavy atom. The van der Waals surface area contributed by atoms with Gasteiger partial charge >= 0.3 is 0 Å². The second-order valence-corrected chi connectivity index (χ2v) is 4.63. The van der Waals surface area contributed by atoms with Crippen molar-refractivity contribution in [3.8, 4) is 0 Å². The number of rotatable bonds is 4. The van der Waals surface area contributed by atoms with Crippen LogP contribution in [0.5, 0.6) is 0 Å². The largest absolute Gasteiger partial charge is 0.378 e. The minimum atomic E-state index is 0.407. The molecular weight excluding hydrogens is 202 g/mol. The van der Waals surface area contributed by atoms with Gasteiger partial charge in [0.15, 0.2) is 0 Å². The van der Waals surface area contributed by atoms with E-state index in [-0.39, 0.29) is 0 Å². The molecule has 2 heterocycles. The first kappa shape index (κ1) is 11.6. The van der Waals surface area contributed by atoms with Crippen molar-refractivity contribution in [2.24, 2.45) is 7.05 Å². The molecule has 0 radical (unpaired) electrons. The molecule has 1 fully saturated rings. The third-order valence-electron chi connectivity index (χ3n) is 3.09. The van der Waals surface area contributed by atoms with E-state index in [1.807, 2.05) is 17.9 Å². The van der Waals surface area contributed by atoms with Gasteiger partial charge in [-0.3, -0.25) is 4.68 Å². The molecule has 1 aliphatic heterocycles. The highest BCUT2D eigenvalue weighted by molar-refractivity contribution is 5.03. The van der Waals surface area contributed by atoms with Crippen LogP contribution in [0.3, 0.4) is 0 Å². The van der Waals surface area contributed by atoms with E-state index in [0.717, 1.165) is 32.4 Å². The van der Waals surface area contributed by atoms with Gasteiger partial charge < -0.3 is 10.1 Å². The summed E-state index contributed by atoms with van der Waals surface area (Å²) < 4.78 is 7.38. The molecule has 4 nitrogen and oxygen atoms in total. The van der Waals surface area contributed by atoms with Crippen molar-refractivity contribution >= 4 is 0 Å². The molecule has 2 rings (SSSR count). The smallest absolute Gasteiger partial charge is 0.0561 e. The van der Waals surface area contributed by atoms with Crippen molar-refractivity contribution in [2.45, 2.75) is 38.3 Å². The third-order valence-corrected chi connectivity index (χ3v) is 3.09. The second kappa shape index (κ2) is 5.46. The Balaban J connectivity index is 1.67. The summed E-state index contributed by atoms with van der Waals surface area (Å²) >= 11 is 0. The van der Waals surface area contributed by atoms with E-state index < -0.39 is 0 Å². The van der Waals surface area contributed by atoms with Crippen molar-refractivity contribution in [3.63, 3.8) is 0 Å². The fourth-order valence-electron chi connectivity index (χ4n) is 2.21. The van der Waals surface area contributed by atoms with E-state index in [0.29, 0.717) is 12.1 Å². The fraction of sp³-hybridized carbons (Fsp3) is 0.750. The van der Waals surface area contributed by atoms with E-state index in [9.17, 15) is 0 Å². The fourth-order valence-corrected chi connectivity index (χ4v) is 2.21. The normalized spacial score (nSPS) is 25.9. The number of aromatic nitrogens is 2. The van der Waals surface area contributed by atoms with Gasteiger partial charge in [-0.05, 0) is 38.3 Å². The Morgan fingerprint density at radius 1 is 1.62 bits per heavy atom. The topological polar surface area (TPSA) is 39.1 Å². The molecule has 0 spiro atoms. The van der Waals surface area contributed by atoms with Crippen LogP contribution in [0.1, 0.15) is 25.3 Å². The molecule has 1 saturated heterocycles. The molecule has 2 atom stereocenters. The summed E-state index contributed by atoms with van der Waals surface area (Å²) in [5.74, 6) is 0. The van der Waals surface area contributed by atoms with Crippen LogP contribution in [-0.4, -0.2) is 35.1 Å². The summed E-state index contributed by atoms with van der Waals surface area (Å²) in [6.45, 7) is 4.07. The lowest BCUT2D eigenvalue weighted by atomic mass is 10.0. The zero-order valence-electron chi connectivity index (χ0n) is 10.1. The van der Waals surface area contributed by atoms with Crippen molar-refractivity contribution < 1.29 is 4.74 Å². The van der Waals surface area contributed by atoms with Crippen LogP contribution in [-0.2, 0) is 18.2 Å². The standard InChI is InChI=1S/C12H21N3O/c1-10-7-12(4-6-16-10)13-5-3-11-8-14-15(2)9-11/h8-10,12-13H,3-7H2,1-2H3. The molecule has 1 aromatic rings. The molecule has 0 aromatic carbocycles. The lowest BCUT2D eigenvalue weighted by Gasteiger charge is -2.28. The average molecular weight is 223 g/mol. The SMILES string of the molecule is CC1CC(NCCc2cnn(C)c2)CCO1. The predicted molar refractivity (Wildman–Crippen MR) is 63.4 cm³/mol. The summed E-state index contributed by atoms with van der Waals surface area (Å²) in [4.78, 5) is 0. The summed E-state index contributed by atoms with van der Waals surface area (Å²) in [6.07, 6.45) is 7.75. The highest BCUT2D eigenvalue weighted by atomic mass is 16.5. The highest BCUT2D eigenvalue weighted by Gasteiger charge is 2.18. The van der Waals surface area contributed by atoms with E-state index >= 15 is 0 Å². The first-order chi connectivity index (χ1) is 7.74. The summed E-state index contributed by atoms with van der Waals surface area (Å²) in [7, 11) is 1.96. The quantitative estimate of drug-likeness (QED) is 0.831. The molecule has 4 heteroatoms. The van der Waals surface area contributed by atoms with Gasteiger partial charge in [0.2, 0.25) is 0 Å². The Morgan fingerprint density at radius 2 is 2.50 bits per heavy atom. The van der Waals surface area contributed by atoms with Gasteiger partial charge in [0.25, 0.3) is 0 Å². The number of nitrogens with one attached hydrogen (secondary N) is 1. The summed E-state index contributed by atoms with van der Waals surface area (Å²) in [5, 5.41) is 7.76. The van der Waals surface area contributed by atoms with Gasteiger partial charge in [0.05, 0.1) is 12.3 Å². The number of nitrogens with zero attached hydrogens (tertiary/aromatic N) is 2.